The van der Waals surface area contributed by atoms with Crippen LogP contribution in [0, 0.1) is 0 Å². The molecule has 4 nitrogen and oxygen atoms in total. The Bertz CT molecular complexity index is 805. The molecule has 0 aliphatic rings. The van der Waals surface area contributed by atoms with Crippen LogP contribution in [-0.4, -0.2) is 22.2 Å². The van der Waals surface area contributed by atoms with Gasteiger partial charge in [-0.15, -0.1) is 0 Å². The predicted molar refractivity (Wildman–Crippen MR) is 211 cm³/mol. The van der Waals surface area contributed by atoms with E-state index in [0.717, 1.165) is 38.5 Å². The van der Waals surface area contributed by atoms with Gasteiger partial charge in [0.1, 0.15) is 0 Å². The maximum Gasteiger partial charge on any atom is 0.328 e. The maximum atomic E-state index is 10.4. The largest absolute Gasteiger partial charge is 0.481 e. The van der Waals surface area contributed by atoms with Crippen LogP contribution in [0.25, 0.3) is 0 Å². The van der Waals surface area contributed by atoms with Crippen molar-refractivity contribution in [3.8, 4) is 0 Å². The molecule has 0 amide bonds. The third-order valence-electron chi connectivity index (χ3n) is 8.50. The molecule has 0 atom stereocenters. The van der Waals surface area contributed by atoms with E-state index < -0.39 is 11.9 Å². The first-order chi connectivity index (χ1) is 23.5. The van der Waals surface area contributed by atoms with E-state index in [2.05, 4.69) is 56.4 Å². The highest BCUT2D eigenvalue weighted by atomic mass is 16.4. The van der Waals surface area contributed by atoms with Crippen LogP contribution in [0.2, 0.25) is 0 Å². The number of carbonyl (C=O) groups is 2. The molecule has 0 radical (unpaired) electrons. The maximum absolute atomic E-state index is 10.4. The van der Waals surface area contributed by atoms with Gasteiger partial charge in [0.2, 0.25) is 0 Å². The smallest absolute Gasteiger partial charge is 0.328 e. The molecule has 0 aromatic heterocycles. The van der Waals surface area contributed by atoms with Crippen molar-refractivity contribution >= 4 is 11.9 Å². The summed E-state index contributed by atoms with van der Waals surface area (Å²) in [5.74, 6) is -1.55. The van der Waals surface area contributed by atoms with Crippen LogP contribution in [0.3, 0.4) is 0 Å². The lowest BCUT2D eigenvalue weighted by Gasteiger charge is -2.03. The molecule has 0 spiro atoms. The molecule has 0 bridgehead atoms. The molecule has 0 fully saturated rings. The van der Waals surface area contributed by atoms with Crippen molar-refractivity contribution in [3.05, 3.63) is 60.8 Å². The number of hydrogen-bond donors (Lipinski definition) is 2. The van der Waals surface area contributed by atoms with Gasteiger partial charge in [0, 0.05) is 12.5 Å². The van der Waals surface area contributed by atoms with Gasteiger partial charge in [0.25, 0.3) is 0 Å². The summed E-state index contributed by atoms with van der Waals surface area (Å²) in [5.41, 5.74) is 0. The molecule has 0 rings (SSSR count). The summed E-state index contributed by atoms with van der Waals surface area (Å²) in [6, 6.07) is 0. The van der Waals surface area contributed by atoms with Gasteiger partial charge in [-0.2, -0.15) is 0 Å². The van der Waals surface area contributed by atoms with Gasteiger partial charge < -0.3 is 10.2 Å². The number of allylic oxidation sites excluding steroid dienone is 9. The summed E-state index contributed by atoms with van der Waals surface area (Å²) in [4.78, 5) is 20.6. The molecule has 0 saturated heterocycles. The molecule has 2 N–H and O–H groups in total. The Labute approximate surface area is 298 Å². The normalized spacial score (nSPS) is 11.9. The van der Waals surface area contributed by atoms with Crippen molar-refractivity contribution in [1.29, 1.82) is 0 Å². The van der Waals surface area contributed by atoms with E-state index in [1.54, 1.807) is 6.08 Å². The standard InChI is InChI=1S/C22H40O2.C22H38O2/c2*1-2-3-4-5-6-7-8-9-10-11-12-13-14-15-16-17-18-19-20-21-22(23)24/h18-21H,2-17H2,1H3,(H,23,24);3-4,6-7,9-10H,2,5,8,11-21H2,1H3,(H,23,24). The molecule has 0 aliphatic carbocycles. The second-order valence-electron chi connectivity index (χ2n) is 13.3. The summed E-state index contributed by atoms with van der Waals surface area (Å²) in [7, 11) is 0. The van der Waals surface area contributed by atoms with Crippen LogP contribution >= 0.6 is 0 Å². The van der Waals surface area contributed by atoms with Crippen LogP contribution < -0.4 is 0 Å². The fourth-order valence-electron chi connectivity index (χ4n) is 5.55. The zero-order chi connectivity index (χ0) is 35.4. The lowest BCUT2D eigenvalue weighted by atomic mass is 10.0. The van der Waals surface area contributed by atoms with Crippen LogP contribution in [0.5, 0.6) is 0 Å². The molecule has 0 aliphatic heterocycles. The number of carboxylic acids is 2. The lowest BCUT2D eigenvalue weighted by Crippen LogP contribution is -1.93. The molecule has 0 saturated carbocycles. The van der Waals surface area contributed by atoms with Gasteiger partial charge in [-0.1, -0.05) is 203 Å². The molecule has 0 aromatic rings. The van der Waals surface area contributed by atoms with E-state index in [0.29, 0.717) is 6.42 Å². The first-order valence-electron chi connectivity index (χ1n) is 20.3. The SMILES string of the molecule is CCC=CCC=CCC=CCCCCCCCCCCCC(=O)O.CCCCCCCCCCCCCCCCCC=CC=CC(=O)O. The minimum atomic E-state index is -0.883. The van der Waals surface area contributed by atoms with Crippen molar-refractivity contribution in [1.82, 2.24) is 0 Å². The average molecular weight is 671 g/mol. The molecule has 0 heterocycles. The zero-order valence-electron chi connectivity index (χ0n) is 31.7. The zero-order valence-corrected chi connectivity index (χ0v) is 31.7. The Morgan fingerprint density at radius 3 is 1.21 bits per heavy atom. The molecule has 0 unspecified atom stereocenters. The Morgan fingerprint density at radius 2 is 0.792 bits per heavy atom. The van der Waals surface area contributed by atoms with Crippen molar-refractivity contribution in [2.24, 2.45) is 0 Å². The van der Waals surface area contributed by atoms with Crippen LogP contribution in [0.15, 0.2) is 60.8 Å². The van der Waals surface area contributed by atoms with Crippen LogP contribution in [0.1, 0.15) is 206 Å². The highest BCUT2D eigenvalue weighted by molar-refractivity contribution is 5.80. The number of carboxylic acid groups (broad SMARTS) is 2. The summed E-state index contributed by atoms with van der Waals surface area (Å²) in [6.07, 6.45) is 57.8. The second kappa shape index (κ2) is 44.6. The molecular formula is C44H78O4. The van der Waals surface area contributed by atoms with Crippen molar-refractivity contribution in [2.75, 3.05) is 0 Å². The van der Waals surface area contributed by atoms with Crippen LogP contribution in [-0.2, 0) is 9.59 Å². The first kappa shape index (κ1) is 47.8. The Hall–Kier alpha value is -2.36. The van der Waals surface area contributed by atoms with E-state index in [9.17, 15) is 9.59 Å². The minimum absolute atomic E-state index is 0.333. The monoisotopic (exact) mass is 671 g/mol. The lowest BCUT2D eigenvalue weighted by molar-refractivity contribution is -0.137. The molecule has 48 heavy (non-hydrogen) atoms. The summed E-state index contributed by atoms with van der Waals surface area (Å²) >= 11 is 0. The highest BCUT2D eigenvalue weighted by Crippen LogP contribution is 2.14. The quantitative estimate of drug-likeness (QED) is 0.0304. The van der Waals surface area contributed by atoms with E-state index >= 15 is 0 Å². The number of hydrogen-bond acceptors (Lipinski definition) is 2. The molecule has 278 valence electrons. The topological polar surface area (TPSA) is 74.6 Å². The van der Waals surface area contributed by atoms with Gasteiger partial charge in [-0.25, -0.2) is 4.79 Å². The fraction of sp³-hybridized carbons (Fsp3) is 0.727. The number of rotatable bonds is 35. The van der Waals surface area contributed by atoms with Crippen molar-refractivity contribution < 1.29 is 19.8 Å². The fourth-order valence-corrected chi connectivity index (χ4v) is 5.55. The highest BCUT2D eigenvalue weighted by Gasteiger charge is 1.97. The van der Waals surface area contributed by atoms with Gasteiger partial charge in [-0.05, 0) is 51.4 Å². The Balaban J connectivity index is 0. The summed E-state index contributed by atoms with van der Waals surface area (Å²) < 4.78 is 0. The van der Waals surface area contributed by atoms with Crippen molar-refractivity contribution in [2.45, 2.75) is 206 Å². The van der Waals surface area contributed by atoms with Gasteiger partial charge in [-0.3, -0.25) is 4.79 Å². The number of aliphatic carboxylic acids is 2. The van der Waals surface area contributed by atoms with E-state index in [1.165, 1.54) is 154 Å². The van der Waals surface area contributed by atoms with E-state index in [1.807, 2.05) is 6.08 Å². The number of unbranched alkanes of at least 4 members (excludes halogenated alkanes) is 24. The molecule has 0 aromatic carbocycles. The van der Waals surface area contributed by atoms with E-state index in [4.69, 9.17) is 10.2 Å². The minimum Gasteiger partial charge on any atom is -0.481 e. The van der Waals surface area contributed by atoms with Crippen molar-refractivity contribution in [3.63, 3.8) is 0 Å². The Kier molecular flexibility index (Phi) is 44.4. The average Bonchev–Trinajstić information content (AvgIpc) is 3.07. The second-order valence-corrected chi connectivity index (χ2v) is 13.3. The summed E-state index contributed by atoms with van der Waals surface area (Å²) in [6.45, 7) is 4.44. The Morgan fingerprint density at radius 1 is 0.417 bits per heavy atom. The van der Waals surface area contributed by atoms with Gasteiger partial charge in [0.15, 0.2) is 0 Å². The van der Waals surface area contributed by atoms with E-state index in [-0.39, 0.29) is 0 Å². The third kappa shape index (κ3) is 50.5. The van der Waals surface area contributed by atoms with Crippen LogP contribution in [0.4, 0.5) is 0 Å². The first-order valence-corrected chi connectivity index (χ1v) is 20.3. The summed E-state index contributed by atoms with van der Waals surface area (Å²) in [5, 5.41) is 17.0. The molecular weight excluding hydrogens is 592 g/mol. The van der Waals surface area contributed by atoms with Gasteiger partial charge >= 0.3 is 11.9 Å². The van der Waals surface area contributed by atoms with Gasteiger partial charge in [0.05, 0.1) is 0 Å². The molecule has 4 heteroatoms. The third-order valence-corrected chi connectivity index (χ3v) is 8.50. The predicted octanol–water partition coefficient (Wildman–Crippen LogP) is 14.7.